The average molecular weight is 322 g/mol. The Balaban J connectivity index is 0.00000180. The Morgan fingerprint density at radius 1 is 1.21 bits per heavy atom. The summed E-state index contributed by atoms with van der Waals surface area (Å²) in [5.74, 6) is 0. The molecule has 1 fully saturated rings. The van der Waals surface area contributed by atoms with Crippen molar-refractivity contribution in [3.63, 3.8) is 0 Å². The van der Waals surface area contributed by atoms with Gasteiger partial charge in [0.2, 0.25) is 0 Å². The Morgan fingerprint density at radius 2 is 1.95 bits per heavy atom. The van der Waals surface area contributed by atoms with Crippen LogP contribution in [-0.2, 0) is 0 Å². The first kappa shape index (κ1) is 16.6. The molecule has 2 rings (SSSR count). The summed E-state index contributed by atoms with van der Waals surface area (Å²) in [5, 5.41) is 8.20. The van der Waals surface area contributed by atoms with Crippen molar-refractivity contribution in [2.75, 3.05) is 11.9 Å². The molecule has 0 radical (unpaired) electrons. The topological polar surface area (TPSA) is 24.1 Å². The zero-order chi connectivity index (χ0) is 13.0. The Labute approximate surface area is 131 Å². The van der Waals surface area contributed by atoms with Crippen LogP contribution in [0, 0.1) is 0 Å². The van der Waals surface area contributed by atoms with Crippen LogP contribution in [0.1, 0.15) is 19.3 Å². The average Bonchev–Trinajstić information content (AvgIpc) is 2.79. The monoisotopic (exact) mass is 320 g/mol. The third-order valence-corrected chi connectivity index (χ3v) is 4.05. The molecule has 0 saturated heterocycles. The molecular weight excluding hydrogens is 303 g/mol. The Kier molecular flexibility index (Phi) is 7.01. The van der Waals surface area contributed by atoms with Crippen molar-refractivity contribution in [3.8, 4) is 0 Å². The van der Waals surface area contributed by atoms with Gasteiger partial charge in [0.25, 0.3) is 0 Å². The van der Waals surface area contributed by atoms with E-state index in [9.17, 15) is 0 Å². The molecule has 0 amide bonds. The van der Waals surface area contributed by atoms with Crippen molar-refractivity contribution in [2.24, 2.45) is 0 Å². The van der Waals surface area contributed by atoms with Gasteiger partial charge in [0.1, 0.15) is 0 Å². The molecule has 106 valence electrons. The normalized spacial score (nSPS) is 21.8. The van der Waals surface area contributed by atoms with E-state index in [0.717, 1.165) is 12.2 Å². The van der Waals surface area contributed by atoms with Crippen LogP contribution in [0.4, 0.5) is 5.69 Å². The van der Waals surface area contributed by atoms with Gasteiger partial charge in [-0.1, -0.05) is 29.3 Å². The van der Waals surface area contributed by atoms with Gasteiger partial charge in [0.15, 0.2) is 0 Å². The van der Waals surface area contributed by atoms with Gasteiger partial charge in [0, 0.05) is 24.3 Å². The predicted molar refractivity (Wildman–Crippen MR) is 87.0 cm³/mol. The first-order valence-corrected chi connectivity index (χ1v) is 7.02. The molecule has 1 aromatic carbocycles. The summed E-state index contributed by atoms with van der Waals surface area (Å²) in [6.45, 7) is 4.59. The molecule has 0 aromatic heterocycles. The molecule has 19 heavy (non-hydrogen) atoms. The van der Waals surface area contributed by atoms with Gasteiger partial charge in [-0.3, -0.25) is 0 Å². The fourth-order valence-electron chi connectivity index (χ4n) is 2.41. The zero-order valence-electron chi connectivity index (χ0n) is 10.7. The van der Waals surface area contributed by atoms with Crippen molar-refractivity contribution in [1.82, 2.24) is 5.32 Å². The molecule has 2 nitrogen and oxygen atoms in total. The van der Waals surface area contributed by atoms with Crippen LogP contribution in [0.15, 0.2) is 30.9 Å². The fraction of sp³-hybridized carbons (Fsp3) is 0.429. The maximum absolute atomic E-state index is 6.02. The van der Waals surface area contributed by atoms with Gasteiger partial charge in [-0.2, -0.15) is 0 Å². The molecule has 5 heteroatoms. The van der Waals surface area contributed by atoms with Crippen LogP contribution in [0.25, 0.3) is 0 Å². The minimum absolute atomic E-state index is 0. The van der Waals surface area contributed by atoms with E-state index in [-0.39, 0.29) is 12.4 Å². The molecule has 1 aromatic rings. The van der Waals surface area contributed by atoms with E-state index in [1.165, 1.54) is 19.3 Å². The highest BCUT2D eigenvalue weighted by molar-refractivity contribution is 6.42. The maximum Gasteiger partial charge on any atom is 0.0612 e. The van der Waals surface area contributed by atoms with Gasteiger partial charge in [-0.25, -0.2) is 0 Å². The Morgan fingerprint density at radius 3 is 2.63 bits per heavy atom. The molecule has 0 heterocycles. The van der Waals surface area contributed by atoms with E-state index in [4.69, 9.17) is 23.2 Å². The van der Waals surface area contributed by atoms with Crippen LogP contribution >= 0.6 is 35.6 Å². The SMILES string of the molecule is C=CCNC1CCCC1Nc1ccc(Cl)c(Cl)c1.Cl. The van der Waals surface area contributed by atoms with Crippen LogP contribution in [-0.4, -0.2) is 18.6 Å². The second-order valence-corrected chi connectivity index (χ2v) is 5.43. The smallest absolute Gasteiger partial charge is 0.0612 e. The molecule has 2 atom stereocenters. The maximum atomic E-state index is 6.02. The molecule has 0 spiro atoms. The summed E-state index contributed by atoms with van der Waals surface area (Å²) in [7, 11) is 0. The summed E-state index contributed by atoms with van der Waals surface area (Å²) in [5.41, 5.74) is 1.03. The highest BCUT2D eigenvalue weighted by Gasteiger charge is 2.26. The minimum atomic E-state index is 0. The van der Waals surface area contributed by atoms with Crippen molar-refractivity contribution in [3.05, 3.63) is 40.9 Å². The lowest BCUT2D eigenvalue weighted by atomic mass is 10.1. The predicted octanol–water partition coefficient (Wildman–Crippen LogP) is 4.52. The first-order chi connectivity index (χ1) is 8.70. The van der Waals surface area contributed by atoms with Gasteiger partial charge in [-0.05, 0) is 37.5 Å². The third-order valence-electron chi connectivity index (χ3n) is 3.31. The number of benzene rings is 1. The standard InChI is InChI=1S/C14H18Cl2N2.ClH/c1-2-8-17-13-4-3-5-14(13)18-10-6-7-11(15)12(16)9-10;/h2,6-7,9,13-14,17-18H,1,3-5,8H2;1H. The van der Waals surface area contributed by atoms with Gasteiger partial charge >= 0.3 is 0 Å². The number of nitrogens with one attached hydrogen (secondary N) is 2. The fourth-order valence-corrected chi connectivity index (χ4v) is 2.71. The lowest BCUT2D eigenvalue weighted by Gasteiger charge is -2.23. The molecule has 0 aliphatic heterocycles. The summed E-state index contributed by atoms with van der Waals surface area (Å²) in [4.78, 5) is 0. The van der Waals surface area contributed by atoms with Crippen molar-refractivity contribution < 1.29 is 0 Å². The largest absolute Gasteiger partial charge is 0.381 e. The molecule has 2 N–H and O–H groups in total. The van der Waals surface area contributed by atoms with Crippen LogP contribution in [0.3, 0.4) is 0 Å². The molecule has 1 aliphatic carbocycles. The molecule has 1 aliphatic rings. The van der Waals surface area contributed by atoms with Gasteiger partial charge in [-0.15, -0.1) is 19.0 Å². The quantitative estimate of drug-likeness (QED) is 0.779. The zero-order valence-corrected chi connectivity index (χ0v) is 13.0. The van der Waals surface area contributed by atoms with E-state index in [2.05, 4.69) is 17.2 Å². The molecular formula is C14H19Cl3N2. The highest BCUT2D eigenvalue weighted by Crippen LogP contribution is 2.28. The molecule has 2 unspecified atom stereocenters. The minimum Gasteiger partial charge on any atom is -0.381 e. The van der Waals surface area contributed by atoms with E-state index in [1.807, 2.05) is 24.3 Å². The Hall–Kier alpha value is -0.410. The number of rotatable bonds is 5. The van der Waals surface area contributed by atoms with Crippen LogP contribution in [0.2, 0.25) is 10.0 Å². The summed E-state index contributed by atoms with van der Waals surface area (Å²) in [6.07, 6.45) is 5.52. The summed E-state index contributed by atoms with van der Waals surface area (Å²) in [6, 6.07) is 6.62. The van der Waals surface area contributed by atoms with E-state index >= 15 is 0 Å². The van der Waals surface area contributed by atoms with E-state index < -0.39 is 0 Å². The Bertz CT molecular complexity index is 423. The molecule has 0 bridgehead atoms. The highest BCUT2D eigenvalue weighted by atomic mass is 35.5. The number of anilines is 1. The van der Waals surface area contributed by atoms with Crippen LogP contribution in [0.5, 0.6) is 0 Å². The number of hydrogen-bond donors (Lipinski definition) is 2. The van der Waals surface area contributed by atoms with Gasteiger partial charge in [0.05, 0.1) is 10.0 Å². The second kappa shape index (κ2) is 8.01. The first-order valence-electron chi connectivity index (χ1n) is 6.26. The number of halogens is 3. The lowest BCUT2D eigenvalue weighted by molar-refractivity contribution is 0.520. The van der Waals surface area contributed by atoms with Crippen LogP contribution < -0.4 is 10.6 Å². The molecule has 1 saturated carbocycles. The lowest BCUT2D eigenvalue weighted by Crippen LogP contribution is -2.40. The summed E-state index contributed by atoms with van der Waals surface area (Å²) >= 11 is 11.9. The third kappa shape index (κ3) is 4.57. The number of hydrogen-bond acceptors (Lipinski definition) is 2. The summed E-state index contributed by atoms with van der Waals surface area (Å²) < 4.78 is 0. The van der Waals surface area contributed by atoms with Crippen molar-refractivity contribution in [1.29, 1.82) is 0 Å². The van der Waals surface area contributed by atoms with Crippen molar-refractivity contribution >= 4 is 41.3 Å². The van der Waals surface area contributed by atoms with Crippen molar-refractivity contribution in [2.45, 2.75) is 31.3 Å². The van der Waals surface area contributed by atoms with E-state index in [0.29, 0.717) is 22.1 Å². The second-order valence-electron chi connectivity index (χ2n) is 4.61. The van der Waals surface area contributed by atoms with E-state index in [1.54, 1.807) is 0 Å². The van der Waals surface area contributed by atoms with Gasteiger partial charge < -0.3 is 10.6 Å².